The van der Waals surface area contributed by atoms with Crippen LogP contribution in [0.2, 0.25) is 0 Å². The number of benzene rings is 2. The van der Waals surface area contributed by atoms with E-state index in [1.807, 2.05) is 36.7 Å². The van der Waals surface area contributed by atoms with Crippen LogP contribution in [-0.2, 0) is 19.4 Å². The third-order valence-electron chi connectivity index (χ3n) is 4.15. The average molecular weight is 357 g/mol. The Balaban J connectivity index is 1.65. The average Bonchev–Trinajstić information content (AvgIpc) is 2.96. The highest BCUT2D eigenvalue weighted by atomic mass is 32.2. The molecule has 0 bridgehead atoms. The van der Waals surface area contributed by atoms with Crippen LogP contribution in [-0.4, -0.2) is 14.8 Å². The number of halogens is 1. The van der Waals surface area contributed by atoms with Crippen molar-refractivity contribution in [3.63, 3.8) is 0 Å². The molecule has 4 nitrogen and oxygen atoms in total. The molecular weight excluding hydrogens is 337 g/mol. The predicted octanol–water partition coefficient (Wildman–Crippen LogP) is 4.44. The summed E-state index contributed by atoms with van der Waals surface area (Å²) in [6.45, 7) is 4.44. The Morgan fingerprint density at radius 3 is 2.68 bits per heavy atom. The fraction of sp³-hybridized carbons (Fsp3) is 0.263. The maximum Gasteiger partial charge on any atom is 0.191 e. The van der Waals surface area contributed by atoms with Gasteiger partial charge >= 0.3 is 0 Å². The third kappa shape index (κ3) is 4.02. The normalized spacial score (nSPS) is 10.9. The van der Waals surface area contributed by atoms with Crippen molar-refractivity contribution in [2.45, 2.75) is 31.4 Å². The fourth-order valence-corrected chi connectivity index (χ4v) is 3.29. The number of aromatic nitrogens is 3. The molecule has 1 heterocycles. The molecule has 0 saturated carbocycles. The largest absolute Gasteiger partial charge is 0.485 e. The van der Waals surface area contributed by atoms with E-state index in [9.17, 15) is 4.39 Å². The SMILES string of the molecule is Cc1cccc(OCc2nnc(SCc3ccccc3F)n2C)c1C. The summed E-state index contributed by atoms with van der Waals surface area (Å²) < 4.78 is 21.5. The second-order valence-electron chi connectivity index (χ2n) is 5.82. The Bertz CT molecular complexity index is 879. The van der Waals surface area contributed by atoms with Crippen molar-refractivity contribution >= 4 is 11.8 Å². The summed E-state index contributed by atoms with van der Waals surface area (Å²) in [7, 11) is 1.89. The Hall–Kier alpha value is -2.34. The zero-order chi connectivity index (χ0) is 17.8. The van der Waals surface area contributed by atoms with Crippen molar-refractivity contribution in [2.24, 2.45) is 7.05 Å². The number of rotatable bonds is 6. The Morgan fingerprint density at radius 1 is 1.08 bits per heavy atom. The molecule has 130 valence electrons. The fourth-order valence-electron chi connectivity index (χ4n) is 2.38. The molecule has 0 saturated heterocycles. The van der Waals surface area contributed by atoms with Crippen LogP contribution in [0.3, 0.4) is 0 Å². The van der Waals surface area contributed by atoms with Crippen LogP contribution in [0.25, 0.3) is 0 Å². The van der Waals surface area contributed by atoms with Gasteiger partial charge in [-0.1, -0.05) is 42.1 Å². The molecule has 0 aliphatic heterocycles. The molecule has 0 aliphatic carbocycles. The lowest BCUT2D eigenvalue weighted by molar-refractivity contribution is 0.288. The number of ether oxygens (including phenoxy) is 1. The van der Waals surface area contributed by atoms with Gasteiger partial charge in [-0.05, 0) is 42.7 Å². The molecule has 1 aromatic heterocycles. The lowest BCUT2D eigenvalue weighted by atomic mass is 10.1. The van der Waals surface area contributed by atoms with Gasteiger partial charge in [-0.25, -0.2) is 4.39 Å². The van der Waals surface area contributed by atoms with Crippen molar-refractivity contribution in [3.05, 3.63) is 70.8 Å². The molecule has 2 aromatic carbocycles. The summed E-state index contributed by atoms with van der Waals surface area (Å²) in [5.74, 6) is 1.90. The van der Waals surface area contributed by atoms with E-state index in [1.165, 1.54) is 23.4 Å². The van der Waals surface area contributed by atoms with E-state index in [0.29, 0.717) is 17.9 Å². The summed E-state index contributed by atoms with van der Waals surface area (Å²) in [4.78, 5) is 0. The molecule has 3 aromatic rings. The molecular formula is C19H20FN3OS. The molecule has 3 rings (SSSR count). The van der Waals surface area contributed by atoms with E-state index in [0.717, 1.165) is 22.3 Å². The number of hydrogen-bond acceptors (Lipinski definition) is 4. The second kappa shape index (κ2) is 7.70. The molecule has 0 unspecified atom stereocenters. The molecule has 0 amide bonds. The van der Waals surface area contributed by atoms with Crippen LogP contribution in [0.1, 0.15) is 22.5 Å². The van der Waals surface area contributed by atoms with E-state index >= 15 is 0 Å². The minimum Gasteiger partial charge on any atom is -0.485 e. The van der Waals surface area contributed by atoms with Crippen molar-refractivity contribution in [3.8, 4) is 5.75 Å². The minimum absolute atomic E-state index is 0.198. The van der Waals surface area contributed by atoms with Gasteiger partial charge < -0.3 is 9.30 Å². The maximum atomic E-state index is 13.7. The molecule has 0 aliphatic rings. The van der Waals surface area contributed by atoms with Crippen LogP contribution in [0, 0.1) is 19.7 Å². The van der Waals surface area contributed by atoms with E-state index in [4.69, 9.17) is 4.74 Å². The van der Waals surface area contributed by atoms with E-state index in [1.54, 1.807) is 12.1 Å². The summed E-state index contributed by atoms with van der Waals surface area (Å²) in [6, 6.07) is 12.8. The van der Waals surface area contributed by atoms with Crippen molar-refractivity contribution in [2.75, 3.05) is 0 Å². The first-order chi connectivity index (χ1) is 12.1. The summed E-state index contributed by atoms with van der Waals surface area (Å²) >= 11 is 1.46. The molecule has 0 atom stereocenters. The highest BCUT2D eigenvalue weighted by Crippen LogP contribution is 2.24. The first-order valence-electron chi connectivity index (χ1n) is 7.99. The van der Waals surface area contributed by atoms with Gasteiger partial charge in [0, 0.05) is 12.8 Å². The van der Waals surface area contributed by atoms with Gasteiger partial charge in [0.1, 0.15) is 18.2 Å². The molecule has 0 fully saturated rings. The second-order valence-corrected chi connectivity index (χ2v) is 6.77. The smallest absolute Gasteiger partial charge is 0.191 e. The zero-order valence-corrected chi connectivity index (χ0v) is 15.3. The standard InChI is InChI=1S/C19H20FN3OS/c1-13-7-6-10-17(14(13)2)24-11-18-21-22-19(23(18)3)25-12-15-8-4-5-9-16(15)20/h4-10H,11-12H2,1-3H3. The van der Waals surface area contributed by atoms with Crippen molar-refractivity contribution < 1.29 is 9.13 Å². The quantitative estimate of drug-likeness (QED) is 0.612. The van der Waals surface area contributed by atoms with Crippen LogP contribution in [0.15, 0.2) is 47.6 Å². The molecule has 0 radical (unpaired) electrons. The van der Waals surface area contributed by atoms with Gasteiger partial charge in [0.2, 0.25) is 0 Å². The number of thioether (sulfide) groups is 1. The maximum absolute atomic E-state index is 13.7. The Labute approximate surface area is 151 Å². The molecule has 25 heavy (non-hydrogen) atoms. The van der Waals surface area contributed by atoms with E-state index < -0.39 is 0 Å². The summed E-state index contributed by atoms with van der Waals surface area (Å²) in [5.41, 5.74) is 2.97. The summed E-state index contributed by atoms with van der Waals surface area (Å²) in [5, 5.41) is 9.12. The minimum atomic E-state index is -0.198. The van der Waals surface area contributed by atoms with Gasteiger partial charge in [-0.3, -0.25) is 0 Å². The Morgan fingerprint density at radius 2 is 1.88 bits per heavy atom. The van der Waals surface area contributed by atoms with E-state index in [2.05, 4.69) is 23.2 Å². The van der Waals surface area contributed by atoms with Crippen molar-refractivity contribution in [1.29, 1.82) is 0 Å². The molecule has 0 spiro atoms. The molecule has 0 N–H and O–H groups in total. The van der Waals surface area contributed by atoms with E-state index in [-0.39, 0.29) is 5.82 Å². The van der Waals surface area contributed by atoms with Crippen LogP contribution in [0.5, 0.6) is 5.75 Å². The molecule has 6 heteroatoms. The predicted molar refractivity (Wildman–Crippen MR) is 97.2 cm³/mol. The third-order valence-corrected chi connectivity index (χ3v) is 5.22. The number of aryl methyl sites for hydroxylation is 1. The van der Waals surface area contributed by atoms with Gasteiger partial charge in [0.15, 0.2) is 11.0 Å². The lowest BCUT2D eigenvalue weighted by Crippen LogP contribution is -2.05. The van der Waals surface area contributed by atoms with Gasteiger partial charge in [-0.2, -0.15) is 0 Å². The van der Waals surface area contributed by atoms with Crippen molar-refractivity contribution in [1.82, 2.24) is 14.8 Å². The summed E-state index contributed by atoms with van der Waals surface area (Å²) in [6.07, 6.45) is 0. The first-order valence-corrected chi connectivity index (χ1v) is 8.98. The first kappa shape index (κ1) is 17.5. The van der Waals surface area contributed by atoms with Gasteiger partial charge in [0.25, 0.3) is 0 Å². The van der Waals surface area contributed by atoms with Gasteiger partial charge in [0.05, 0.1) is 0 Å². The number of hydrogen-bond donors (Lipinski definition) is 0. The lowest BCUT2D eigenvalue weighted by Gasteiger charge is -2.10. The Kier molecular flexibility index (Phi) is 5.38. The highest BCUT2D eigenvalue weighted by Gasteiger charge is 2.12. The number of nitrogens with zero attached hydrogens (tertiary/aromatic N) is 3. The van der Waals surface area contributed by atoms with Gasteiger partial charge in [-0.15, -0.1) is 10.2 Å². The van der Waals surface area contributed by atoms with Crippen LogP contribution in [0.4, 0.5) is 4.39 Å². The topological polar surface area (TPSA) is 39.9 Å². The zero-order valence-electron chi connectivity index (χ0n) is 14.5. The highest BCUT2D eigenvalue weighted by molar-refractivity contribution is 7.98. The monoisotopic (exact) mass is 357 g/mol. The van der Waals surface area contributed by atoms with Crippen LogP contribution >= 0.6 is 11.8 Å². The van der Waals surface area contributed by atoms with Crippen LogP contribution < -0.4 is 4.74 Å².